The van der Waals surface area contributed by atoms with Crippen LogP contribution in [0.25, 0.3) is 11.3 Å². The maximum atomic E-state index is 13.5. The first-order chi connectivity index (χ1) is 6.70. The van der Waals surface area contributed by atoms with E-state index in [0.29, 0.717) is 16.9 Å². The van der Waals surface area contributed by atoms with Crippen LogP contribution in [0.1, 0.15) is 0 Å². The molecule has 0 fully saturated rings. The first-order valence-electron chi connectivity index (χ1n) is 3.93. The van der Waals surface area contributed by atoms with Gasteiger partial charge in [-0.25, -0.2) is 4.39 Å². The summed E-state index contributed by atoms with van der Waals surface area (Å²) in [6.07, 6.45) is 1.43. The molecule has 1 aromatic heterocycles. The highest BCUT2D eigenvalue weighted by Crippen LogP contribution is 2.29. The second-order valence-corrected chi connectivity index (χ2v) is 3.21. The molecular weight excluding hydrogens is 205 g/mol. The molecule has 1 heterocycles. The van der Waals surface area contributed by atoms with E-state index < -0.39 is 5.82 Å². The lowest BCUT2D eigenvalue weighted by atomic mass is 10.1. The summed E-state index contributed by atoms with van der Waals surface area (Å²) in [7, 11) is 0. The highest BCUT2D eigenvalue weighted by Gasteiger charge is 2.11. The molecule has 3 N–H and O–H groups in total. The van der Waals surface area contributed by atoms with Crippen molar-refractivity contribution in [3.63, 3.8) is 0 Å². The van der Waals surface area contributed by atoms with Crippen molar-refractivity contribution in [2.24, 2.45) is 0 Å². The molecule has 0 spiro atoms. The van der Waals surface area contributed by atoms with Gasteiger partial charge in [-0.15, -0.1) is 0 Å². The quantitative estimate of drug-likeness (QED) is 0.761. The Morgan fingerprint density at radius 3 is 2.86 bits per heavy atom. The van der Waals surface area contributed by atoms with Crippen molar-refractivity contribution in [1.82, 2.24) is 10.2 Å². The van der Waals surface area contributed by atoms with Crippen LogP contribution in [0.2, 0.25) is 5.02 Å². The molecule has 0 amide bonds. The van der Waals surface area contributed by atoms with Crippen LogP contribution in [0.5, 0.6) is 0 Å². The van der Waals surface area contributed by atoms with Crippen molar-refractivity contribution in [2.45, 2.75) is 0 Å². The third-order valence-electron chi connectivity index (χ3n) is 1.89. The van der Waals surface area contributed by atoms with E-state index >= 15 is 0 Å². The Bertz CT molecular complexity index is 467. The zero-order valence-electron chi connectivity index (χ0n) is 7.09. The van der Waals surface area contributed by atoms with Crippen LogP contribution in [0, 0.1) is 5.82 Å². The topological polar surface area (TPSA) is 54.7 Å². The summed E-state index contributed by atoms with van der Waals surface area (Å²) in [6.45, 7) is 0. The summed E-state index contributed by atoms with van der Waals surface area (Å²) < 4.78 is 13.5. The summed E-state index contributed by atoms with van der Waals surface area (Å²) in [5.74, 6) is -0.495. The fourth-order valence-corrected chi connectivity index (χ4v) is 1.38. The van der Waals surface area contributed by atoms with Gasteiger partial charge >= 0.3 is 0 Å². The predicted molar refractivity (Wildman–Crippen MR) is 53.4 cm³/mol. The Hall–Kier alpha value is -1.55. The monoisotopic (exact) mass is 211 g/mol. The fraction of sp³-hybridized carbons (Fsp3) is 0. The number of aromatic amines is 1. The number of H-pyrrole nitrogens is 1. The number of rotatable bonds is 1. The van der Waals surface area contributed by atoms with Gasteiger partial charge in [0.2, 0.25) is 0 Å². The number of aromatic nitrogens is 2. The van der Waals surface area contributed by atoms with Gasteiger partial charge in [-0.2, -0.15) is 5.10 Å². The van der Waals surface area contributed by atoms with Crippen molar-refractivity contribution in [1.29, 1.82) is 0 Å². The van der Waals surface area contributed by atoms with Crippen molar-refractivity contribution < 1.29 is 4.39 Å². The zero-order chi connectivity index (χ0) is 10.1. The molecule has 1 aromatic carbocycles. The predicted octanol–water partition coefficient (Wildman–Crippen LogP) is 2.45. The minimum atomic E-state index is -0.495. The summed E-state index contributed by atoms with van der Waals surface area (Å²) >= 11 is 5.63. The lowest BCUT2D eigenvalue weighted by Gasteiger charge is -2.02. The van der Waals surface area contributed by atoms with Gasteiger partial charge in [-0.1, -0.05) is 17.7 Å². The van der Waals surface area contributed by atoms with Crippen LogP contribution >= 0.6 is 11.6 Å². The average molecular weight is 212 g/mol. The number of anilines is 1. The second-order valence-electron chi connectivity index (χ2n) is 2.80. The van der Waals surface area contributed by atoms with Gasteiger partial charge < -0.3 is 5.73 Å². The molecule has 0 saturated carbocycles. The molecule has 0 aliphatic carbocycles. The molecule has 72 valence electrons. The van der Waals surface area contributed by atoms with Gasteiger partial charge in [0.05, 0.1) is 22.6 Å². The van der Waals surface area contributed by atoms with E-state index in [1.54, 1.807) is 12.1 Å². The number of hydrogen-bond acceptors (Lipinski definition) is 2. The van der Waals surface area contributed by atoms with E-state index in [1.807, 2.05) is 0 Å². The lowest BCUT2D eigenvalue weighted by Crippen LogP contribution is -1.90. The first-order valence-corrected chi connectivity index (χ1v) is 4.31. The van der Waals surface area contributed by atoms with E-state index in [2.05, 4.69) is 10.2 Å². The minimum absolute atomic E-state index is 0.0662. The number of hydrogen-bond donors (Lipinski definition) is 2. The molecule has 0 bridgehead atoms. The lowest BCUT2D eigenvalue weighted by molar-refractivity contribution is 0.631. The second kappa shape index (κ2) is 3.31. The summed E-state index contributed by atoms with van der Waals surface area (Å²) in [5.41, 5.74) is 6.76. The number of nitrogens with zero attached hydrogens (tertiary/aromatic N) is 1. The van der Waals surface area contributed by atoms with Crippen LogP contribution in [0.3, 0.4) is 0 Å². The van der Waals surface area contributed by atoms with Gasteiger partial charge in [-0.3, -0.25) is 5.10 Å². The van der Waals surface area contributed by atoms with E-state index in [-0.39, 0.29) is 5.02 Å². The normalized spacial score (nSPS) is 10.4. The minimum Gasteiger partial charge on any atom is -0.396 e. The van der Waals surface area contributed by atoms with Gasteiger partial charge in [0.25, 0.3) is 0 Å². The summed E-state index contributed by atoms with van der Waals surface area (Å²) in [4.78, 5) is 0. The number of nitrogens with two attached hydrogens (primary N) is 1. The van der Waals surface area contributed by atoms with Gasteiger partial charge in [0.15, 0.2) is 5.82 Å². The number of benzene rings is 1. The molecule has 2 rings (SSSR count). The molecule has 0 atom stereocenters. The van der Waals surface area contributed by atoms with Crippen LogP contribution in [-0.4, -0.2) is 10.2 Å². The largest absolute Gasteiger partial charge is 0.396 e. The summed E-state index contributed by atoms with van der Waals surface area (Å²) in [6, 6.07) is 4.72. The Morgan fingerprint density at radius 2 is 2.21 bits per heavy atom. The number of nitrogen functional groups attached to an aromatic ring is 1. The Kier molecular flexibility index (Phi) is 2.13. The van der Waals surface area contributed by atoms with E-state index in [9.17, 15) is 4.39 Å². The van der Waals surface area contributed by atoms with E-state index in [1.165, 1.54) is 12.3 Å². The van der Waals surface area contributed by atoms with Gasteiger partial charge in [-0.05, 0) is 12.1 Å². The molecule has 14 heavy (non-hydrogen) atoms. The molecule has 5 heteroatoms. The molecule has 2 aromatic rings. The highest BCUT2D eigenvalue weighted by molar-refractivity contribution is 6.31. The average Bonchev–Trinajstić information content (AvgIpc) is 2.57. The summed E-state index contributed by atoms with van der Waals surface area (Å²) in [5, 5.41) is 6.39. The maximum absolute atomic E-state index is 13.5. The first kappa shape index (κ1) is 9.02. The van der Waals surface area contributed by atoms with Crippen LogP contribution in [0.4, 0.5) is 10.1 Å². The fourth-order valence-electron chi connectivity index (χ4n) is 1.21. The SMILES string of the molecule is Nc1cn[nH]c1-c1cccc(Cl)c1F. The van der Waals surface area contributed by atoms with Crippen molar-refractivity contribution >= 4 is 17.3 Å². The zero-order valence-corrected chi connectivity index (χ0v) is 7.85. The smallest absolute Gasteiger partial charge is 0.151 e. The van der Waals surface area contributed by atoms with Crippen molar-refractivity contribution in [3.05, 3.63) is 35.2 Å². The number of nitrogens with one attached hydrogen (secondary N) is 1. The molecule has 0 aliphatic rings. The van der Waals surface area contributed by atoms with Gasteiger partial charge in [0.1, 0.15) is 0 Å². The van der Waals surface area contributed by atoms with Gasteiger partial charge in [0, 0.05) is 5.56 Å². The van der Waals surface area contributed by atoms with Crippen molar-refractivity contribution in [3.8, 4) is 11.3 Å². The number of halogens is 2. The molecular formula is C9H7ClFN3. The standard InChI is InChI=1S/C9H7ClFN3/c10-6-3-1-2-5(8(6)11)9-7(12)4-13-14-9/h1-4H,12H2,(H,13,14). The highest BCUT2D eigenvalue weighted by atomic mass is 35.5. The Balaban J connectivity index is 2.63. The molecule has 0 saturated heterocycles. The molecule has 0 unspecified atom stereocenters. The Morgan fingerprint density at radius 1 is 1.43 bits per heavy atom. The molecule has 0 radical (unpaired) electrons. The third-order valence-corrected chi connectivity index (χ3v) is 2.18. The maximum Gasteiger partial charge on any atom is 0.151 e. The van der Waals surface area contributed by atoms with Crippen LogP contribution in [0.15, 0.2) is 24.4 Å². The molecule has 3 nitrogen and oxygen atoms in total. The van der Waals surface area contributed by atoms with Crippen molar-refractivity contribution in [2.75, 3.05) is 5.73 Å². The van der Waals surface area contributed by atoms with Crippen LogP contribution < -0.4 is 5.73 Å². The Labute approximate surface area is 84.7 Å². The van der Waals surface area contributed by atoms with E-state index in [4.69, 9.17) is 17.3 Å². The third kappa shape index (κ3) is 1.33. The van der Waals surface area contributed by atoms with E-state index in [0.717, 1.165) is 0 Å². The molecule has 0 aliphatic heterocycles. The van der Waals surface area contributed by atoms with Crippen LogP contribution in [-0.2, 0) is 0 Å².